The van der Waals surface area contributed by atoms with E-state index in [-0.39, 0.29) is 23.4 Å². The highest BCUT2D eigenvalue weighted by atomic mass is 19.1. The van der Waals surface area contributed by atoms with Gasteiger partial charge >= 0.3 is 0 Å². The number of amides is 2. The number of halogens is 1. The summed E-state index contributed by atoms with van der Waals surface area (Å²) in [6, 6.07) is 6.43. The van der Waals surface area contributed by atoms with Gasteiger partial charge in [0.1, 0.15) is 5.82 Å². The van der Waals surface area contributed by atoms with Crippen LogP contribution in [0.5, 0.6) is 0 Å². The predicted octanol–water partition coefficient (Wildman–Crippen LogP) is 2.38. The zero-order valence-electron chi connectivity index (χ0n) is 16.4. The maximum absolute atomic E-state index is 14.4. The van der Waals surface area contributed by atoms with Gasteiger partial charge in [-0.25, -0.2) is 4.39 Å². The first-order valence-corrected chi connectivity index (χ1v) is 9.35. The summed E-state index contributed by atoms with van der Waals surface area (Å²) in [5.41, 5.74) is 2.18. The van der Waals surface area contributed by atoms with Gasteiger partial charge in [-0.15, -0.1) is 0 Å². The predicted molar refractivity (Wildman–Crippen MR) is 106 cm³/mol. The number of nitrogens with one attached hydrogen (secondary N) is 2. The Morgan fingerprint density at radius 3 is 2.54 bits per heavy atom. The lowest BCUT2D eigenvalue weighted by Crippen LogP contribution is -2.31. The molecular formula is C21H25FN4O2. The van der Waals surface area contributed by atoms with Crippen LogP contribution in [0.3, 0.4) is 0 Å². The lowest BCUT2D eigenvalue weighted by atomic mass is 10.00. The molecule has 28 heavy (non-hydrogen) atoms. The molecule has 0 unspecified atom stereocenters. The Balaban J connectivity index is 1.78. The van der Waals surface area contributed by atoms with E-state index in [1.165, 1.54) is 12.3 Å². The van der Waals surface area contributed by atoms with Crippen molar-refractivity contribution in [1.82, 2.24) is 20.5 Å². The van der Waals surface area contributed by atoms with E-state index in [1.54, 1.807) is 25.1 Å². The van der Waals surface area contributed by atoms with Crippen molar-refractivity contribution in [3.63, 3.8) is 0 Å². The average Bonchev–Trinajstić information content (AvgIpc) is 3.47. The van der Waals surface area contributed by atoms with Crippen LogP contribution in [0, 0.1) is 12.7 Å². The van der Waals surface area contributed by atoms with Gasteiger partial charge in [-0.1, -0.05) is 0 Å². The van der Waals surface area contributed by atoms with Crippen LogP contribution in [0.25, 0.3) is 11.3 Å². The molecule has 1 aromatic heterocycles. The molecule has 148 valence electrons. The fourth-order valence-corrected chi connectivity index (χ4v) is 2.75. The normalized spacial score (nSPS) is 13.5. The van der Waals surface area contributed by atoms with Gasteiger partial charge in [0.2, 0.25) is 0 Å². The van der Waals surface area contributed by atoms with Crippen LogP contribution in [-0.4, -0.2) is 54.9 Å². The minimum absolute atomic E-state index is 0.198. The summed E-state index contributed by atoms with van der Waals surface area (Å²) >= 11 is 0. The zero-order chi connectivity index (χ0) is 20.3. The van der Waals surface area contributed by atoms with Crippen LogP contribution in [0.1, 0.15) is 39.1 Å². The number of carbonyl (C=O) groups excluding carboxylic acids is 2. The summed E-state index contributed by atoms with van der Waals surface area (Å²) in [6.45, 7) is 2.93. The van der Waals surface area contributed by atoms with Crippen molar-refractivity contribution in [3.05, 3.63) is 53.0 Å². The Morgan fingerprint density at radius 1 is 1.18 bits per heavy atom. The number of hydrogen-bond donors (Lipinski definition) is 2. The highest BCUT2D eigenvalue weighted by molar-refractivity contribution is 5.96. The number of rotatable bonds is 7. The molecule has 2 aromatic rings. The van der Waals surface area contributed by atoms with Gasteiger partial charge < -0.3 is 15.5 Å². The van der Waals surface area contributed by atoms with E-state index < -0.39 is 5.82 Å². The molecule has 1 heterocycles. The molecule has 0 aliphatic heterocycles. The van der Waals surface area contributed by atoms with Gasteiger partial charge in [-0.2, -0.15) is 0 Å². The number of hydrogen-bond acceptors (Lipinski definition) is 4. The third kappa shape index (κ3) is 4.92. The zero-order valence-corrected chi connectivity index (χ0v) is 16.4. The second-order valence-electron chi connectivity index (χ2n) is 7.37. The molecule has 1 aliphatic rings. The first-order chi connectivity index (χ1) is 13.3. The molecule has 1 fully saturated rings. The summed E-state index contributed by atoms with van der Waals surface area (Å²) in [4.78, 5) is 30.7. The molecule has 1 aliphatic carbocycles. The number of carbonyl (C=O) groups is 2. The molecular weight excluding hydrogens is 359 g/mol. The van der Waals surface area contributed by atoms with Crippen LogP contribution < -0.4 is 10.6 Å². The van der Waals surface area contributed by atoms with Gasteiger partial charge in [0.25, 0.3) is 11.8 Å². The standard InChI is InChI=1S/C21H25FN4O2/c1-13-17(10-15(11-18(13)22)21(28)25-16-5-6-16)19-7-4-14(12-24-19)20(27)23-8-9-26(2)3/h4,7,10-12,16H,5-6,8-9H2,1-3H3,(H,23,27)(H,25,28). The quantitative estimate of drug-likeness (QED) is 0.769. The number of nitrogens with zero attached hydrogens (tertiary/aromatic N) is 2. The number of pyridine rings is 1. The fraction of sp³-hybridized carbons (Fsp3) is 0.381. The van der Waals surface area contributed by atoms with Crippen LogP contribution in [-0.2, 0) is 0 Å². The van der Waals surface area contributed by atoms with Crippen molar-refractivity contribution < 1.29 is 14.0 Å². The minimum atomic E-state index is -0.453. The van der Waals surface area contributed by atoms with E-state index in [0.29, 0.717) is 28.9 Å². The van der Waals surface area contributed by atoms with Crippen molar-refractivity contribution in [2.75, 3.05) is 27.2 Å². The number of likely N-dealkylation sites (N-methyl/N-ethyl adjacent to an activating group) is 1. The van der Waals surface area contributed by atoms with Gasteiger partial charge in [0.15, 0.2) is 0 Å². The second kappa shape index (κ2) is 8.48. The Bertz CT molecular complexity index is 877. The third-order valence-electron chi connectivity index (χ3n) is 4.67. The van der Waals surface area contributed by atoms with Crippen molar-refractivity contribution in [2.45, 2.75) is 25.8 Å². The van der Waals surface area contributed by atoms with Crippen molar-refractivity contribution in [1.29, 1.82) is 0 Å². The maximum atomic E-state index is 14.4. The Kier molecular flexibility index (Phi) is 6.04. The van der Waals surface area contributed by atoms with Crippen molar-refractivity contribution in [2.24, 2.45) is 0 Å². The monoisotopic (exact) mass is 384 g/mol. The molecule has 0 bridgehead atoms. The molecule has 1 aromatic carbocycles. The first-order valence-electron chi connectivity index (χ1n) is 9.35. The summed E-state index contributed by atoms with van der Waals surface area (Å²) in [5.74, 6) is -0.938. The number of benzene rings is 1. The molecule has 0 atom stereocenters. The lowest BCUT2D eigenvalue weighted by Gasteiger charge is -2.12. The average molecular weight is 384 g/mol. The molecule has 2 N–H and O–H groups in total. The first kappa shape index (κ1) is 19.9. The largest absolute Gasteiger partial charge is 0.351 e. The SMILES string of the molecule is Cc1c(F)cc(C(=O)NC2CC2)cc1-c1ccc(C(=O)NCCN(C)C)cn1. The lowest BCUT2D eigenvalue weighted by molar-refractivity contribution is 0.0942. The Hall–Kier alpha value is -2.80. The third-order valence-corrected chi connectivity index (χ3v) is 4.67. The van der Waals surface area contributed by atoms with Gasteiger partial charge in [-0.3, -0.25) is 14.6 Å². The highest BCUT2D eigenvalue weighted by Gasteiger charge is 2.24. The Morgan fingerprint density at radius 2 is 1.93 bits per heavy atom. The maximum Gasteiger partial charge on any atom is 0.252 e. The highest BCUT2D eigenvalue weighted by Crippen LogP contribution is 2.26. The molecule has 7 heteroatoms. The van der Waals surface area contributed by atoms with Crippen LogP contribution in [0.4, 0.5) is 4.39 Å². The number of aromatic nitrogens is 1. The van der Waals surface area contributed by atoms with E-state index in [2.05, 4.69) is 15.6 Å². The molecule has 2 amide bonds. The molecule has 0 spiro atoms. The summed E-state index contributed by atoms with van der Waals surface area (Å²) < 4.78 is 14.4. The molecule has 6 nitrogen and oxygen atoms in total. The smallest absolute Gasteiger partial charge is 0.252 e. The van der Waals surface area contributed by atoms with Crippen LogP contribution >= 0.6 is 0 Å². The van der Waals surface area contributed by atoms with Gasteiger partial charge in [0.05, 0.1) is 11.3 Å². The summed E-state index contributed by atoms with van der Waals surface area (Å²) in [6.07, 6.45) is 3.40. The molecule has 3 rings (SSSR count). The Labute approximate surface area is 164 Å². The molecule has 1 saturated carbocycles. The van der Waals surface area contributed by atoms with Crippen molar-refractivity contribution in [3.8, 4) is 11.3 Å². The molecule has 0 radical (unpaired) electrons. The van der Waals surface area contributed by atoms with E-state index >= 15 is 0 Å². The second-order valence-corrected chi connectivity index (χ2v) is 7.37. The fourth-order valence-electron chi connectivity index (χ4n) is 2.75. The molecule has 0 saturated heterocycles. The van der Waals surface area contributed by atoms with Gasteiger partial charge in [-0.05, 0) is 63.7 Å². The van der Waals surface area contributed by atoms with E-state index in [0.717, 1.165) is 19.4 Å². The van der Waals surface area contributed by atoms with E-state index in [1.807, 2.05) is 19.0 Å². The minimum Gasteiger partial charge on any atom is -0.351 e. The van der Waals surface area contributed by atoms with Crippen molar-refractivity contribution >= 4 is 11.8 Å². The summed E-state index contributed by atoms with van der Waals surface area (Å²) in [5, 5.41) is 5.69. The van der Waals surface area contributed by atoms with E-state index in [9.17, 15) is 14.0 Å². The summed E-state index contributed by atoms with van der Waals surface area (Å²) in [7, 11) is 3.87. The van der Waals surface area contributed by atoms with Crippen LogP contribution in [0.15, 0.2) is 30.5 Å². The van der Waals surface area contributed by atoms with Crippen LogP contribution in [0.2, 0.25) is 0 Å². The van der Waals surface area contributed by atoms with E-state index in [4.69, 9.17) is 0 Å². The van der Waals surface area contributed by atoms with Gasteiger partial charge in [0, 0.05) is 36.5 Å². The topological polar surface area (TPSA) is 74.3 Å².